The topological polar surface area (TPSA) is 101 Å². The summed E-state index contributed by atoms with van der Waals surface area (Å²) in [4.78, 5) is 56.3. The van der Waals surface area contributed by atoms with E-state index in [1.165, 1.54) is 29.4 Å². The van der Waals surface area contributed by atoms with Crippen molar-refractivity contribution in [3.63, 3.8) is 0 Å². The molecule has 1 N–H and O–H groups in total. The molecule has 1 saturated heterocycles. The van der Waals surface area contributed by atoms with Crippen LogP contribution in [0.5, 0.6) is 11.5 Å². The Balaban J connectivity index is 1.50. The van der Waals surface area contributed by atoms with Crippen molar-refractivity contribution in [1.82, 2.24) is 4.90 Å². The van der Waals surface area contributed by atoms with Gasteiger partial charge >= 0.3 is 0 Å². The highest BCUT2D eigenvalue weighted by Gasteiger charge is 2.56. The van der Waals surface area contributed by atoms with Gasteiger partial charge in [0.2, 0.25) is 11.8 Å². The second kappa shape index (κ2) is 9.17. The molecule has 6 rings (SSSR count). The van der Waals surface area contributed by atoms with Crippen LogP contribution >= 0.6 is 27.3 Å². The predicted molar refractivity (Wildman–Crippen MR) is 144 cm³/mol. The van der Waals surface area contributed by atoms with Crippen LogP contribution in [0.1, 0.15) is 36.1 Å². The zero-order valence-corrected chi connectivity index (χ0v) is 23.1. The van der Waals surface area contributed by atoms with E-state index in [-0.39, 0.29) is 47.8 Å². The number of allylic oxidation sites excluding steroid dienone is 6. The van der Waals surface area contributed by atoms with Crippen molar-refractivity contribution in [2.24, 2.45) is 17.8 Å². The molecule has 1 fully saturated rings. The van der Waals surface area contributed by atoms with E-state index in [1.54, 1.807) is 19.1 Å². The molecule has 2 aromatic rings. The largest absolute Gasteiger partial charge is 0.504 e. The zero-order valence-electron chi connectivity index (χ0n) is 20.7. The number of phenols is 1. The minimum Gasteiger partial charge on any atom is -0.504 e. The molecule has 194 valence electrons. The Morgan fingerprint density at radius 1 is 1.16 bits per heavy atom. The number of carbonyl (C=O) groups is 4. The molecule has 9 heteroatoms. The summed E-state index contributed by atoms with van der Waals surface area (Å²) >= 11 is 4.96. The van der Waals surface area contributed by atoms with Crippen molar-refractivity contribution < 1.29 is 29.0 Å². The molecule has 0 saturated carbocycles. The summed E-state index contributed by atoms with van der Waals surface area (Å²) < 4.78 is 6.01. The number of Topliss-reactive ketones (excluding diaryl/α,β-unsaturated/α-hetero) is 1. The van der Waals surface area contributed by atoms with Crippen LogP contribution in [0.25, 0.3) is 0 Å². The average molecular weight is 594 g/mol. The van der Waals surface area contributed by atoms with E-state index < -0.39 is 23.7 Å². The standard InChI is InChI=1S/C29H24BrNO6S/c1-13-8-21(32)25-20(26(13)33)11-18-16(23(25)19-9-14(30)10-22(37-2)27(19)34)5-6-17-24(18)29(36)31(28(17)35)12-15-4-3-7-38-15/h3-5,7-10,17-18,23-24,34H,6,11-12H2,1-2H3/t17-,18+,23+,24-/m0/s1. The van der Waals surface area contributed by atoms with Gasteiger partial charge in [0, 0.05) is 37.6 Å². The number of hydrogen-bond donors (Lipinski definition) is 1. The lowest BCUT2D eigenvalue weighted by Gasteiger charge is -2.42. The number of rotatable bonds is 4. The quantitative estimate of drug-likeness (QED) is 0.309. The number of amides is 2. The summed E-state index contributed by atoms with van der Waals surface area (Å²) in [6, 6.07) is 7.13. The van der Waals surface area contributed by atoms with Crippen molar-refractivity contribution in [1.29, 1.82) is 0 Å². The fraction of sp³-hybridized carbons (Fsp3) is 0.310. The highest BCUT2D eigenvalue weighted by Crippen LogP contribution is 2.57. The number of likely N-dealkylation sites (tertiary alicyclic amines) is 1. The van der Waals surface area contributed by atoms with Gasteiger partial charge in [-0.15, -0.1) is 11.3 Å². The Morgan fingerprint density at radius 2 is 1.95 bits per heavy atom. The maximum atomic E-state index is 13.8. The summed E-state index contributed by atoms with van der Waals surface area (Å²) in [5.41, 5.74) is 2.23. The molecule has 4 aliphatic rings. The average Bonchev–Trinajstić information content (AvgIpc) is 3.50. The molecule has 1 aromatic heterocycles. The molecule has 1 aliphatic heterocycles. The highest BCUT2D eigenvalue weighted by molar-refractivity contribution is 9.10. The summed E-state index contributed by atoms with van der Waals surface area (Å²) in [7, 11) is 1.44. The Bertz CT molecular complexity index is 1520. The molecule has 0 bridgehead atoms. The fourth-order valence-corrected chi connectivity index (χ4v) is 7.63. The first-order valence-electron chi connectivity index (χ1n) is 12.4. The highest BCUT2D eigenvalue weighted by atomic mass is 79.9. The van der Waals surface area contributed by atoms with Gasteiger partial charge in [0.05, 0.1) is 25.5 Å². The van der Waals surface area contributed by atoms with Gasteiger partial charge in [-0.2, -0.15) is 0 Å². The van der Waals surface area contributed by atoms with Crippen molar-refractivity contribution in [3.8, 4) is 11.5 Å². The van der Waals surface area contributed by atoms with Crippen LogP contribution in [0.15, 0.2) is 68.6 Å². The summed E-state index contributed by atoms with van der Waals surface area (Å²) in [5.74, 6) is -3.21. The molecular formula is C29H24BrNO6S. The first kappa shape index (κ1) is 25.0. The van der Waals surface area contributed by atoms with Crippen molar-refractivity contribution in [2.75, 3.05) is 7.11 Å². The number of methoxy groups -OCH3 is 1. The maximum Gasteiger partial charge on any atom is 0.234 e. The third-order valence-corrected chi connectivity index (χ3v) is 9.47. The van der Waals surface area contributed by atoms with Crippen molar-refractivity contribution in [3.05, 3.63) is 79.0 Å². The van der Waals surface area contributed by atoms with Crippen LogP contribution in [0.4, 0.5) is 0 Å². The summed E-state index contributed by atoms with van der Waals surface area (Å²) in [5, 5.41) is 13.1. The van der Waals surface area contributed by atoms with Gasteiger partial charge in [-0.3, -0.25) is 24.1 Å². The number of thiophene rings is 1. The number of aromatic hydroxyl groups is 1. The molecule has 7 nitrogen and oxygen atoms in total. The second-order valence-electron chi connectivity index (χ2n) is 10.1. The lowest BCUT2D eigenvalue weighted by atomic mass is 9.59. The number of phenolic OH excluding ortho intramolecular Hbond substituents is 1. The Labute approximate surface area is 231 Å². The number of carbonyl (C=O) groups excluding carboxylic acids is 4. The van der Waals surface area contributed by atoms with Crippen LogP contribution in [-0.2, 0) is 25.7 Å². The van der Waals surface area contributed by atoms with Gasteiger partial charge in [0.15, 0.2) is 23.1 Å². The number of nitrogens with zero attached hydrogens (tertiary/aromatic N) is 1. The number of benzene rings is 1. The summed E-state index contributed by atoms with van der Waals surface area (Å²) in [6.07, 6.45) is 3.84. The van der Waals surface area contributed by atoms with Crippen LogP contribution in [0.3, 0.4) is 0 Å². The molecule has 0 unspecified atom stereocenters. The monoisotopic (exact) mass is 593 g/mol. The van der Waals surface area contributed by atoms with Gasteiger partial charge in [0.25, 0.3) is 0 Å². The maximum absolute atomic E-state index is 13.8. The Morgan fingerprint density at radius 3 is 2.66 bits per heavy atom. The third kappa shape index (κ3) is 3.66. The van der Waals surface area contributed by atoms with Gasteiger partial charge in [0.1, 0.15) is 0 Å². The fourth-order valence-electron chi connectivity index (χ4n) is 6.49. The number of ketones is 2. The molecule has 3 aliphatic carbocycles. The predicted octanol–water partition coefficient (Wildman–Crippen LogP) is 4.85. The first-order valence-corrected chi connectivity index (χ1v) is 14.0. The van der Waals surface area contributed by atoms with Crippen LogP contribution < -0.4 is 4.74 Å². The van der Waals surface area contributed by atoms with Crippen LogP contribution in [-0.4, -0.2) is 40.5 Å². The number of ether oxygens (including phenoxy) is 1. The number of hydrogen-bond acceptors (Lipinski definition) is 7. The van der Waals surface area contributed by atoms with Gasteiger partial charge in [-0.25, -0.2) is 0 Å². The smallest absolute Gasteiger partial charge is 0.234 e. The third-order valence-electron chi connectivity index (χ3n) is 8.15. The molecule has 0 spiro atoms. The number of imide groups is 1. The zero-order chi connectivity index (χ0) is 26.9. The normalized spacial score (nSPS) is 26.7. The molecule has 4 atom stereocenters. The summed E-state index contributed by atoms with van der Waals surface area (Å²) in [6.45, 7) is 1.84. The van der Waals surface area contributed by atoms with E-state index in [0.717, 1.165) is 10.5 Å². The minimum absolute atomic E-state index is 0.129. The Hall–Kier alpha value is -3.30. The van der Waals surface area contributed by atoms with Crippen LogP contribution in [0.2, 0.25) is 0 Å². The van der Waals surface area contributed by atoms with Gasteiger partial charge in [-0.1, -0.05) is 33.6 Å². The van der Waals surface area contributed by atoms with E-state index in [9.17, 15) is 24.3 Å². The molecule has 2 heterocycles. The van der Waals surface area contributed by atoms with Crippen LogP contribution in [0, 0.1) is 17.8 Å². The minimum atomic E-state index is -0.744. The molecule has 2 amide bonds. The van der Waals surface area contributed by atoms with Gasteiger partial charge in [-0.05, 0) is 55.3 Å². The van der Waals surface area contributed by atoms with Gasteiger partial charge < -0.3 is 9.84 Å². The second-order valence-corrected chi connectivity index (χ2v) is 12.1. The van der Waals surface area contributed by atoms with E-state index >= 15 is 0 Å². The van der Waals surface area contributed by atoms with E-state index in [2.05, 4.69) is 15.9 Å². The van der Waals surface area contributed by atoms with E-state index in [1.807, 2.05) is 23.6 Å². The number of fused-ring (bicyclic) bond motifs is 3. The first-order chi connectivity index (χ1) is 18.2. The number of halogens is 1. The van der Waals surface area contributed by atoms with Crippen molar-refractivity contribution >= 4 is 50.6 Å². The molecule has 0 radical (unpaired) electrons. The molecular weight excluding hydrogens is 570 g/mol. The molecule has 1 aromatic carbocycles. The van der Waals surface area contributed by atoms with Crippen molar-refractivity contribution in [2.45, 2.75) is 32.2 Å². The van der Waals surface area contributed by atoms with E-state index in [4.69, 9.17) is 4.74 Å². The molecule has 38 heavy (non-hydrogen) atoms. The lowest BCUT2D eigenvalue weighted by molar-refractivity contribution is -0.140. The Kier molecular flexibility index (Phi) is 6.03. The SMILES string of the molecule is COc1cc(Br)cc([C@H]2C3=CC[C@@H]4C(=O)N(Cc5cccs5)C(=O)[C@@H]4[C@@H]3CC3=C2C(=O)C=C(C)C3=O)c1O. The van der Waals surface area contributed by atoms with E-state index in [0.29, 0.717) is 33.2 Å². The lowest BCUT2D eigenvalue weighted by Crippen LogP contribution is -2.39.